The van der Waals surface area contributed by atoms with Crippen molar-refractivity contribution in [2.24, 2.45) is 0 Å². The number of ether oxygens (including phenoxy) is 1. The number of rotatable bonds is 5. The van der Waals surface area contributed by atoms with E-state index in [0.29, 0.717) is 30.8 Å². The van der Waals surface area contributed by atoms with Gasteiger partial charge in [-0.2, -0.15) is 0 Å². The zero-order valence-corrected chi connectivity index (χ0v) is 11.2. The summed E-state index contributed by atoms with van der Waals surface area (Å²) in [5.74, 6) is -0.308. The zero-order chi connectivity index (χ0) is 12.8. The second-order valence-corrected chi connectivity index (χ2v) is 4.70. The Kier molecular flexibility index (Phi) is 5.65. The summed E-state index contributed by atoms with van der Waals surface area (Å²) in [6.45, 7) is 10.8. The molecule has 0 aromatic carbocycles. The SMILES string of the molecule is C=C(CNN1C(C)CCCC1C)C(=O)OCC. The number of nitrogens with one attached hydrogen (secondary N) is 1. The number of carbonyl (C=O) groups excluding carboxylic acids is 1. The maximum atomic E-state index is 11.4. The van der Waals surface area contributed by atoms with Crippen molar-refractivity contribution in [3.8, 4) is 0 Å². The van der Waals surface area contributed by atoms with Gasteiger partial charge in [0.25, 0.3) is 0 Å². The first-order chi connectivity index (χ1) is 8.06. The molecule has 0 aromatic heterocycles. The predicted octanol–water partition coefficient (Wildman–Crippen LogP) is 1.87. The molecule has 0 radical (unpaired) electrons. The van der Waals surface area contributed by atoms with E-state index in [2.05, 4.69) is 30.9 Å². The van der Waals surface area contributed by atoms with E-state index in [1.165, 1.54) is 19.3 Å². The first kappa shape index (κ1) is 14.2. The highest BCUT2D eigenvalue weighted by atomic mass is 16.5. The maximum absolute atomic E-state index is 11.4. The molecule has 1 aliphatic rings. The highest BCUT2D eigenvalue weighted by Gasteiger charge is 2.24. The number of esters is 1. The van der Waals surface area contributed by atoms with Gasteiger partial charge in [-0.25, -0.2) is 9.80 Å². The third-order valence-electron chi connectivity index (χ3n) is 3.23. The van der Waals surface area contributed by atoms with Crippen molar-refractivity contribution in [1.82, 2.24) is 10.4 Å². The van der Waals surface area contributed by atoms with Gasteiger partial charge in [0, 0.05) is 24.2 Å². The van der Waals surface area contributed by atoms with Gasteiger partial charge in [0.2, 0.25) is 0 Å². The van der Waals surface area contributed by atoms with Crippen molar-refractivity contribution in [3.63, 3.8) is 0 Å². The largest absolute Gasteiger partial charge is 0.463 e. The molecule has 1 heterocycles. The second-order valence-electron chi connectivity index (χ2n) is 4.70. The summed E-state index contributed by atoms with van der Waals surface area (Å²) in [7, 11) is 0. The van der Waals surface area contributed by atoms with Crippen LogP contribution in [-0.4, -0.2) is 36.2 Å². The van der Waals surface area contributed by atoms with E-state index in [1.807, 2.05) is 0 Å². The van der Waals surface area contributed by atoms with Crippen LogP contribution in [0, 0.1) is 0 Å². The van der Waals surface area contributed by atoms with Gasteiger partial charge in [-0.15, -0.1) is 0 Å². The molecule has 17 heavy (non-hydrogen) atoms. The number of nitrogens with zero attached hydrogens (tertiary/aromatic N) is 1. The average Bonchev–Trinajstić information content (AvgIpc) is 2.28. The van der Waals surface area contributed by atoms with Crippen molar-refractivity contribution in [2.75, 3.05) is 13.2 Å². The monoisotopic (exact) mass is 240 g/mol. The summed E-state index contributed by atoms with van der Waals surface area (Å²) >= 11 is 0. The Hall–Kier alpha value is -0.870. The Bertz CT molecular complexity index is 269. The van der Waals surface area contributed by atoms with E-state index in [1.54, 1.807) is 6.92 Å². The van der Waals surface area contributed by atoms with Crippen LogP contribution < -0.4 is 5.43 Å². The lowest BCUT2D eigenvalue weighted by molar-refractivity contribution is -0.138. The molecule has 0 aromatic rings. The Morgan fingerprint density at radius 2 is 2.00 bits per heavy atom. The lowest BCUT2D eigenvalue weighted by Crippen LogP contribution is -2.52. The van der Waals surface area contributed by atoms with Crippen molar-refractivity contribution >= 4 is 5.97 Å². The van der Waals surface area contributed by atoms with E-state index < -0.39 is 0 Å². The van der Waals surface area contributed by atoms with E-state index in [-0.39, 0.29) is 5.97 Å². The molecule has 0 saturated carbocycles. The van der Waals surface area contributed by atoms with E-state index >= 15 is 0 Å². The van der Waals surface area contributed by atoms with Crippen molar-refractivity contribution in [3.05, 3.63) is 12.2 Å². The van der Waals surface area contributed by atoms with Gasteiger partial charge < -0.3 is 4.74 Å². The molecule has 0 amide bonds. The molecule has 1 N–H and O–H groups in total. The maximum Gasteiger partial charge on any atom is 0.334 e. The fraction of sp³-hybridized carbons (Fsp3) is 0.769. The third kappa shape index (κ3) is 4.13. The topological polar surface area (TPSA) is 41.6 Å². The lowest BCUT2D eigenvalue weighted by Gasteiger charge is -2.39. The molecular formula is C13H24N2O2. The lowest BCUT2D eigenvalue weighted by atomic mass is 10.00. The third-order valence-corrected chi connectivity index (χ3v) is 3.23. The highest BCUT2D eigenvalue weighted by molar-refractivity contribution is 5.88. The molecule has 2 atom stereocenters. The smallest absolute Gasteiger partial charge is 0.334 e. The summed E-state index contributed by atoms with van der Waals surface area (Å²) in [4.78, 5) is 11.4. The minimum absolute atomic E-state index is 0.308. The van der Waals surface area contributed by atoms with Crippen molar-refractivity contribution < 1.29 is 9.53 Å². The van der Waals surface area contributed by atoms with Crippen LogP contribution in [0.5, 0.6) is 0 Å². The van der Waals surface area contributed by atoms with Crippen LogP contribution in [0.25, 0.3) is 0 Å². The number of piperidine rings is 1. The molecule has 4 heteroatoms. The molecule has 1 rings (SSSR count). The van der Waals surface area contributed by atoms with Crippen LogP contribution in [0.2, 0.25) is 0 Å². The van der Waals surface area contributed by atoms with Crippen LogP contribution in [0.15, 0.2) is 12.2 Å². The molecule has 0 bridgehead atoms. The minimum Gasteiger partial charge on any atom is -0.463 e. The van der Waals surface area contributed by atoms with Gasteiger partial charge in [-0.3, -0.25) is 5.43 Å². The first-order valence-corrected chi connectivity index (χ1v) is 6.43. The van der Waals surface area contributed by atoms with Gasteiger partial charge in [0.05, 0.1) is 6.61 Å². The summed E-state index contributed by atoms with van der Waals surface area (Å²) < 4.78 is 4.90. The Labute approximate surface area is 104 Å². The van der Waals surface area contributed by atoms with Crippen molar-refractivity contribution in [1.29, 1.82) is 0 Å². The van der Waals surface area contributed by atoms with Crippen LogP contribution in [0.3, 0.4) is 0 Å². The number of hydrogen-bond donors (Lipinski definition) is 1. The molecular weight excluding hydrogens is 216 g/mol. The molecule has 0 spiro atoms. The Morgan fingerprint density at radius 1 is 1.41 bits per heavy atom. The second kappa shape index (κ2) is 6.77. The minimum atomic E-state index is -0.308. The average molecular weight is 240 g/mol. The van der Waals surface area contributed by atoms with Gasteiger partial charge >= 0.3 is 5.97 Å². The van der Waals surface area contributed by atoms with Crippen molar-refractivity contribution in [2.45, 2.75) is 52.1 Å². The Balaban J connectivity index is 2.38. The number of carbonyl (C=O) groups is 1. The fourth-order valence-electron chi connectivity index (χ4n) is 2.22. The standard InChI is InChI=1S/C13H24N2O2/c1-5-17-13(16)10(2)9-14-15-11(3)7-6-8-12(15)4/h11-12,14H,2,5-9H2,1,3-4H3. The van der Waals surface area contributed by atoms with Gasteiger partial charge in [0.15, 0.2) is 0 Å². The van der Waals surface area contributed by atoms with E-state index in [0.717, 1.165) is 0 Å². The Morgan fingerprint density at radius 3 is 2.53 bits per heavy atom. The van der Waals surface area contributed by atoms with Gasteiger partial charge in [-0.1, -0.05) is 13.0 Å². The zero-order valence-electron chi connectivity index (χ0n) is 11.2. The number of hydrazine groups is 1. The summed E-state index contributed by atoms with van der Waals surface area (Å²) in [6.07, 6.45) is 3.67. The predicted molar refractivity (Wildman–Crippen MR) is 68.4 cm³/mol. The molecule has 1 aliphatic heterocycles. The van der Waals surface area contributed by atoms with E-state index in [4.69, 9.17) is 4.74 Å². The van der Waals surface area contributed by atoms with Crippen LogP contribution in [-0.2, 0) is 9.53 Å². The van der Waals surface area contributed by atoms with Gasteiger partial charge in [0.1, 0.15) is 0 Å². The van der Waals surface area contributed by atoms with E-state index in [9.17, 15) is 4.79 Å². The molecule has 1 saturated heterocycles. The quantitative estimate of drug-likeness (QED) is 0.588. The molecule has 2 unspecified atom stereocenters. The summed E-state index contributed by atoms with van der Waals surface area (Å²) in [5, 5.41) is 2.23. The summed E-state index contributed by atoms with van der Waals surface area (Å²) in [5.41, 5.74) is 3.78. The van der Waals surface area contributed by atoms with Crippen LogP contribution >= 0.6 is 0 Å². The molecule has 4 nitrogen and oxygen atoms in total. The van der Waals surface area contributed by atoms with Crippen LogP contribution in [0.4, 0.5) is 0 Å². The van der Waals surface area contributed by atoms with Gasteiger partial charge in [-0.05, 0) is 33.6 Å². The first-order valence-electron chi connectivity index (χ1n) is 6.43. The normalized spacial score (nSPS) is 25.6. The number of hydrogen-bond acceptors (Lipinski definition) is 4. The molecule has 1 fully saturated rings. The highest BCUT2D eigenvalue weighted by Crippen LogP contribution is 2.20. The fourth-order valence-corrected chi connectivity index (χ4v) is 2.22. The molecule has 98 valence electrons. The summed E-state index contributed by atoms with van der Waals surface area (Å²) in [6, 6.07) is 1.02. The molecule has 0 aliphatic carbocycles. The van der Waals surface area contributed by atoms with Crippen LogP contribution in [0.1, 0.15) is 40.0 Å².